The molecule has 0 radical (unpaired) electrons. The highest BCUT2D eigenvalue weighted by atomic mass is 31.2. The Balaban J connectivity index is 1.57. The summed E-state index contributed by atoms with van der Waals surface area (Å²) >= 11 is 0. The zero-order valence-corrected chi connectivity index (χ0v) is 12.8. The number of benzene rings is 1. The van der Waals surface area contributed by atoms with Crippen LogP contribution in [0.3, 0.4) is 0 Å². The molecular formula is C14H14NO7P. The predicted octanol–water partition coefficient (Wildman–Crippen LogP) is 1.43. The number of fused-ring (bicyclic) bond motifs is 1. The first-order valence-electron chi connectivity index (χ1n) is 6.89. The molecule has 2 aliphatic heterocycles. The van der Waals surface area contributed by atoms with Gasteiger partial charge in [0.1, 0.15) is 18.3 Å². The van der Waals surface area contributed by atoms with Gasteiger partial charge in [0.25, 0.3) is 0 Å². The summed E-state index contributed by atoms with van der Waals surface area (Å²) in [4.78, 5) is 21.2. The topological polar surface area (TPSA) is 104 Å². The number of nitroso groups, excluding NO2 is 1. The summed E-state index contributed by atoms with van der Waals surface area (Å²) < 4.78 is 32.2. The van der Waals surface area contributed by atoms with E-state index in [-0.39, 0.29) is 19.3 Å². The van der Waals surface area contributed by atoms with Gasteiger partial charge in [-0.1, -0.05) is 24.1 Å². The van der Waals surface area contributed by atoms with Crippen molar-refractivity contribution in [2.24, 2.45) is 4.95 Å². The van der Waals surface area contributed by atoms with Gasteiger partial charge in [-0.05, 0) is 18.1 Å². The summed E-state index contributed by atoms with van der Waals surface area (Å²) in [5.41, 5.74) is 0.839. The van der Waals surface area contributed by atoms with Crippen LogP contribution in [0, 0.1) is 16.7 Å². The molecule has 2 heterocycles. The van der Waals surface area contributed by atoms with Gasteiger partial charge < -0.3 is 19.1 Å². The van der Waals surface area contributed by atoms with Gasteiger partial charge in [0.15, 0.2) is 0 Å². The van der Waals surface area contributed by atoms with E-state index in [1.807, 2.05) is 35.3 Å². The minimum atomic E-state index is -4.47. The molecule has 0 aromatic heterocycles. The van der Waals surface area contributed by atoms with Crippen LogP contribution < -0.4 is 0 Å². The van der Waals surface area contributed by atoms with Gasteiger partial charge in [0, 0.05) is 10.5 Å². The molecule has 8 nitrogen and oxygen atoms in total. The SMILES string of the molecule is O=NP(=O)(O)OC[C@H]1OC[C@H]2OC(C#Cc3ccccc3)OC12. The molecular weight excluding hydrogens is 325 g/mol. The molecule has 0 amide bonds. The quantitative estimate of drug-likeness (QED) is 0.503. The maximum absolute atomic E-state index is 11.1. The van der Waals surface area contributed by atoms with Gasteiger partial charge in [0.05, 0.1) is 13.2 Å². The summed E-state index contributed by atoms with van der Waals surface area (Å²) in [6, 6.07) is 9.39. The van der Waals surface area contributed by atoms with Crippen molar-refractivity contribution in [3.8, 4) is 11.8 Å². The summed E-state index contributed by atoms with van der Waals surface area (Å²) in [6.07, 6.45) is -2.13. The first kappa shape index (κ1) is 16.3. The highest BCUT2D eigenvalue weighted by Gasteiger charge is 2.47. The molecule has 5 atom stereocenters. The lowest BCUT2D eigenvalue weighted by molar-refractivity contribution is -0.0864. The predicted molar refractivity (Wildman–Crippen MR) is 78.2 cm³/mol. The van der Waals surface area contributed by atoms with Crippen molar-refractivity contribution in [2.75, 3.05) is 13.2 Å². The highest BCUT2D eigenvalue weighted by Crippen LogP contribution is 2.44. The lowest BCUT2D eigenvalue weighted by Gasteiger charge is -2.16. The minimum absolute atomic E-state index is 0.256. The molecule has 0 bridgehead atoms. The summed E-state index contributed by atoms with van der Waals surface area (Å²) in [5, 5.41) is 0. The fraction of sp³-hybridized carbons (Fsp3) is 0.429. The minimum Gasteiger partial charge on any atom is -0.370 e. The molecule has 1 aromatic carbocycles. The van der Waals surface area contributed by atoms with Crippen LogP contribution in [-0.2, 0) is 23.3 Å². The Labute approximate surface area is 132 Å². The lowest BCUT2D eigenvalue weighted by Crippen LogP contribution is -2.31. The van der Waals surface area contributed by atoms with Crippen LogP contribution in [-0.4, -0.2) is 42.7 Å². The van der Waals surface area contributed by atoms with Crippen LogP contribution in [0.4, 0.5) is 0 Å². The molecule has 0 saturated carbocycles. The Kier molecular flexibility index (Phi) is 4.87. The fourth-order valence-electron chi connectivity index (χ4n) is 2.34. The molecule has 122 valence electrons. The smallest absolute Gasteiger partial charge is 0.370 e. The van der Waals surface area contributed by atoms with Crippen molar-refractivity contribution in [1.82, 2.24) is 0 Å². The van der Waals surface area contributed by atoms with E-state index >= 15 is 0 Å². The van der Waals surface area contributed by atoms with Gasteiger partial charge in [-0.3, -0.25) is 4.52 Å². The van der Waals surface area contributed by atoms with Crippen LogP contribution >= 0.6 is 7.75 Å². The Morgan fingerprint density at radius 1 is 1.35 bits per heavy atom. The average molecular weight is 339 g/mol. The maximum atomic E-state index is 11.1. The van der Waals surface area contributed by atoms with Gasteiger partial charge in [-0.15, -0.1) is 4.91 Å². The number of ether oxygens (including phenoxy) is 3. The Morgan fingerprint density at radius 2 is 2.13 bits per heavy atom. The highest BCUT2D eigenvalue weighted by molar-refractivity contribution is 7.51. The van der Waals surface area contributed by atoms with E-state index in [1.165, 1.54) is 0 Å². The number of rotatable bonds is 4. The van der Waals surface area contributed by atoms with E-state index in [9.17, 15) is 9.47 Å². The van der Waals surface area contributed by atoms with E-state index < -0.39 is 26.2 Å². The van der Waals surface area contributed by atoms with Gasteiger partial charge >= 0.3 is 7.75 Å². The molecule has 2 saturated heterocycles. The van der Waals surface area contributed by atoms with Crippen molar-refractivity contribution in [3.05, 3.63) is 40.8 Å². The van der Waals surface area contributed by atoms with Crippen LogP contribution in [0.15, 0.2) is 35.3 Å². The van der Waals surface area contributed by atoms with Gasteiger partial charge in [0.2, 0.25) is 6.29 Å². The third kappa shape index (κ3) is 4.03. The van der Waals surface area contributed by atoms with Crippen molar-refractivity contribution in [3.63, 3.8) is 0 Å². The Hall–Kier alpha value is -1.59. The van der Waals surface area contributed by atoms with Crippen molar-refractivity contribution >= 4 is 7.75 Å². The molecule has 2 fully saturated rings. The van der Waals surface area contributed by atoms with Crippen LogP contribution in [0.2, 0.25) is 0 Å². The molecule has 0 spiro atoms. The zero-order chi connectivity index (χ0) is 16.3. The Bertz CT molecular complexity index is 671. The van der Waals surface area contributed by atoms with E-state index in [1.54, 1.807) is 0 Å². The summed E-state index contributed by atoms with van der Waals surface area (Å²) in [7, 11) is -4.47. The standard InChI is InChI=1S/C14H14NO7P/c16-15-23(17,18)20-9-11-14-12(8-19-11)21-13(22-14)7-6-10-4-2-1-3-5-10/h1-5,11-14H,8-9H2,(H,17,18)/t11-,12-,13?,14?/m1/s1. The first-order chi connectivity index (χ1) is 11.1. The molecule has 1 N–H and O–H groups in total. The first-order valence-corrected chi connectivity index (χ1v) is 8.42. The summed E-state index contributed by atoms with van der Waals surface area (Å²) in [6.45, 7) is -0.0324. The molecule has 2 aliphatic rings. The van der Waals surface area contributed by atoms with Crippen molar-refractivity contribution in [2.45, 2.75) is 24.6 Å². The second kappa shape index (κ2) is 6.89. The van der Waals surface area contributed by atoms with Gasteiger partial charge in [-0.25, -0.2) is 4.57 Å². The third-order valence-corrected chi connectivity index (χ3v) is 4.10. The van der Waals surface area contributed by atoms with E-state index in [0.29, 0.717) is 0 Å². The summed E-state index contributed by atoms with van der Waals surface area (Å²) in [5.74, 6) is 5.81. The maximum Gasteiger partial charge on any atom is 0.487 e. The van der Waals surface area contributed by atoms with Crippen LogP contribution in [0.25, 0.3) is 0 Å². The zero-order valence-electron chi connectivity index (χ0n) is 11.9. The van der Waals surface area contributed by atoms with Gasteiger partial charge in [-0.2, -0.15) is 0 Å². The monoisotopic (exact) mass is 339 g/mol. The fourth-order valence-corrected chi connectivity index (χ4v) is 2.73. The number of hydrogen-bond acceptors (Lipinski definition) is 6. The normalized spacial score (nSPS) is 31.7. The molecule has 1 aromatic rings. The van der Waals surface area contributed by atoms with Crippen molar-refractivity contribution < 1.29 is 28.2 Å². The molecule has 23 heavy (non-hydrogen) atoms. The number of nitrogens with zero attached hydrogens (tertiary/aromatic N) is 1. The molecule has 3 unspecified atom stereocenters. The van der Waals surface area contributed by atoms with E-state index in [2.05, 4.69) is 16.4 Å². The van der Waals surface area contributed by atoms with Crippen LogP contribution in [0.1, 0.15) is 5.56 Å². The largest absolute Gasteiger partial charge is 0.487 e. The Morgan fingerprint density at radius 3 is 2.87 bits per heavy atom. The third-order valence-electron chi connectivity index (χ3n) is 3.40. The van der Waals surface area contributed by atoms with Crippen LogP contribution in [0.5, 0.6) is 0 Å². The molecule has 9 heteroatoms. The lowest BCUT2D eigenvalue weighted by atomic mass is 10.2. The number of hydrogen-bond donors (Lipinski definition) is 1. The molecule has 3 rings (SSSR count). The van der Waals surface area contributed by atoms with E-state index in [4.69, 9.17) is 19.1 Å². The van der Waals surface area contributed by atoms with E-state index in [0.717, 1.165) is 5.56 Å². The van der Waals surface area contributed by atoms with Crippen molar-refractivity contribution in [1.29, 1.82) is 0 Å². The second-order valence-corrected chi connectivity index (χ2v) is 6.38. The average Bonchev–Trinajstić information content (AvgIpc) is 3.12. The molecule has 0 aliphatic carbocycles. The second-order valence-electron chi connectivity index (χ2n) is 4.98.